The second kappa shape index (κ2) is 6.96. The molecule has 1 amide bonds. The Morgan fingerprint density at radius 3 is 2.76 bits per heavy atom. The number of anilines is 1. The van der Waals surface area contributed by atoms with Crippen LogP contribution in [-0.4, -0.2) is 63.3 Å². The van der Waals surface area contributed by atoms with Gasteiger partial charge in [-0.05, 0) is 56.5 Å². The highest BCUT2D eigenvalue weighted by atomic mass is 16.5. The lowest BCUT2D eigenvalue weighted by Gasteiger charge is -2.33. The molecule has 3 aliphatic heterocycles. The van der Waals surface area contributed by atoms with Crippen LogP contribution in [0, 0.1) is 12.3 Å². The first-order valence-electron chi connectivity index (χ1n) is 9.60. The van der Waals surface area contributed by atoms with Gasteiger partial charge in [-0.25, -0.2) is 0 Å². The molecule has 1 atom stereocenters. The number of likely N-dealkylation sites (tertiary alicyclic amines) is 1. The zero-order chi connectivity index (χ0) is 17.3. The Kier molecular flexibility index (Phi) is 4.69. The summed E-state index contributed by atoms with van der Waals surface area (Å²) in [5.41, 5.74) is 3.56. The topological polar surface area (TPSA) is 44.8 Å². The van der Waals surface area contributed by atoms with E-state index < -0.39 is 0 Å². The summed E-state index contributed by atoms with van der Waals surface area (Å²) < 4.78 is 5.44. The number of carbonyl (C=O) groups excluding carboxylic acids is 1. The summed E-state index contributed by atoms with van der Waals surface area (Å²) in [5.74, 6) is 0.194. The van der Waals surface area contributed by atoms with E-state index in [4.69, 9.17) is 4.74 Å². The average Bonchev–Trinajstić information content (AvgIpc) is 3.05. The largest absolute Gasteiger partial charge is 0.378 e. The highest BCUT2D eigenvalue weighted by molar-refractivity contribution is 5.95. The van der Waals surface area contributed by atoms with Crippen LogP contribution in [-0.2, 0) is 4.74 Å². The Labute approximate surface area is 150 Å². The summed E-state index contributed by atoms with van der Waals surface area (Å²) >= 11 is 0. The summed E-state index contributed by atoms with van der Waals surface area (Å²) in [5, 5.41) is 3.52. The molecular formula is C20H29N3O2. The third-order valence-corrected chi connectivity index (χ3v) is 6.08. The molecule has 136 valence electrons. The first-order chi connectivity index (χ1) is 12.2. The molecular weight excluding hydrogens is 314 g/mol. The highest BCUT2D eigenvalue weighted by Gasteiger charge is 2.40. The smallest absolute Gasteiger partial charge is 0.253 e. The predicted octanol–water partition coefficient (Wildman–Crippen LogP) is 2.05. The van der Waals surface area contributed by atoms with Crippen molar-refractivity contribution in [3.8, 4) is 0 Å². The number of hydrogen-bond donors (Lipinski definition) is 1. The van der Waals surface area contributed by atoms with Crippen molar-refractivity contribution in [2.24, 2.45) is 5.41 Å². The van der Waals surface area contributed by atoms with Gasteiger partial charge in [-0.3, -0.25) is 4.79 Å². The molecule has 0 radical (unpaired) electrons. The molecule has 3 heterocycles. The minimum atomic E-state index is 0.194. The van der Waals surface area contributed by atoms with E-state index >= 15 is 0 Å². The molecule has 5 heteroatoms. The molecule has 1 aromatic rings. The van der Waals surface area contributed by atoms with E-state index in [2.05, 4.69) is 34.2 Å². The normalized spacial score (nSPS) is 27.1. The van der Waals surface area contributed by atoms with Gasteiger partial charge in [0.25, 0.3) is 5.91 Å². The van der Waals surface area contributed by atoms with Gasteiger partial charge < -0.3 is 19.9 Å². The average molecular weight is 343 g/mol. The minimum Gasteiger partial charge on any atom is -0.378 e. The number of rotatable bonds is 2. The first kappa shape index (κ1) is 16.9. The third-order valence-electron chi connectivity index (χ3n) is 6.08. The fraction of sp³-hybridized carbons (Fsp3) is 0.650. The number of nitrogens with one attached hydrogen (secondary N) is 1. The van der Waals surface area contributed by atoms with Crippen LogP contribution in [0.4, 0.5) is 5.69 Å². The molecule has 3 saturated heterocycles. The molecule has 0 aromatic heterocycles. The number of aryl methyl sites for hydroxylation is 1. The van der Waals surface area contributed by atoms with E-state index in [1.165, 1.54) is 24.1 Å². The number of morpholine rings is 1. The summed E-state index contributed by atoms with van der Waals surface area (Å²) in [6.45, 7) is 9.51. The fourth-order valence-corrected chi connectivity index (χ4v) is 4.62. The van der Waals surface area contributed by atoms with Gasteiger partial charge in [0.2, 0.25) is 0 Å². The number of nitrogens with zero attached hydrogens (tertiary/aromatic N) is 2. The van der Waals surface area contributed by atoms with Gasteiger partial charge in [-0.15, -0.1) is 0 Å². The lowest BCUT2D eigenvalue weighted by Crippen LogP contribution is -2.42. The zero-order valence-corrected chi connectivity index (χ0v) is 15.2. The molecule has 0 saturated carbocycles. The van der Waals surface area contributed by atoms with Gasteiger partial charge in [0.05, 0.1) is 13.2 Å². The van der Waals surface area contributed by atoms with Crippen LogP contribution < -0.4 is 10.2 Å². The van der Waals surface area contributed by atoms with Crippen LogP contribution in [0.3, 0.4) is 0 Å². The van der Waals surface area contributed by atoms with E-state index in [9.17, 15) is 4.79 Å². The Hall–Kier alpha value is -1.59. The molecule has 0 bridgehead atoms. The van der Waals surface area contributed by atoms with E-state index in [0.29, 0.717) is 5.41 Å². The van der Waals surface area contributed by atoms with E-state index in [1.807, 2.05) is 6.07 Å². The van der Waals surface area contributed by atoms with E-state index in [-0.39, 0.29) is 5.91 Å². The third kappa shape index (κ3) is 3.40. The molecule has 25 heavy (non-hydrogen) atoms. The van der Waals surface area contributed by atoms with Crippen LogP contribution in [0.2, 0.25) is 0 Å². The number of piperidine rings is 1. The SMILES string of the molecule is Cc1cc(C(=O)N2CC[C@@]3(CCCNC3)C2)ccc1N1CCOCC1. The van der Waals surface area contributed by atoms with Crippen LogP contribution in [0.25, 0.3) is 0 Å². The summed E-state index contributed by atoms with van der Waals surface area (Å²) in [7, 11) is 0. The monoisotopic (exact) mass is 343 g/mol. The Balaban J connectivity index is 1.46. The van der Waals surface area contributed by atoms with Crippen LogP contribution in [0.1, 0.15) is 35.2 Å². The fourth-order valence-electron chi connectivity index (χ4n) is 4.62. The maximum Gasteiger partial charge on any atom is 0.253 e. The van der Waals surface area contributed by atoms with E-state index in [0.717, 1.165) is 64.5 Å². The van der Waals surface area contributed by atoms with Crippen molar-refractivity contribution in [2.75, 3.05) is 57.4 Å². The number of carbonyl (C=O) groups is 1. The maximum atomic E-state index is 13.0. The van der Waals surface area contributed by atoms with E-state index in [1.54, 1.807) is 0 Å². The van der Waals surface area contributed by atoms with Crippen LogP contribution >= 0.6 is 0 Å². The molecule has 5 nitrogen and oxygen atoms in total. The molecule has 3 fully saturated rings. The number of hydrogen-bond acceptors (Lipinski definition) is 4. The van der Waals surface area contributed by atoms with Gasteiger partial charge in [0.1, 0.15) is 0 Å². The summed E-state index contributed by atoms with van der Waals surface area (Å²) in [6.07, 6.45) is 3.62. The maximum absolute atomic E-state index is 13.0. The first-order valence-corrected chi connectivity index (χ1v) is 9.60. The Morgan fingerprint density at radius 2 is 2.04 bits per heavy atom. The quantitative estimate of drug-likeness (QED) is 0.893. The van der Waals surface area contributed by atoms with Crippen molar-refractivity contribution in [3.05, 3.63) is 29.3 Å². The number of benzene rings is 1. The van der Waals surface area contributed by atoms with Gasteiger partial charge in [-0.1, -0.05) is 0 Å². The van der Waals surface area contributed by atoms with Gasteiger partial charge >= 0.3 is 0 Å². The summed E-state index contributed by atoms with van der Waals surface area (Å²) in [4.78, 5) is 17.4. The number of amides is 1. The zero-order valence-electron chi connectivity index (χ0n) is 15.2. The molecule has 0 unspecified atom stereocenters. The lowest BCUT2D eigenvalue weighted by molar-refractivity contribution is 0.0764. The van der Waals surface area contributed by atoms with Crippen molar-refractivity contribution < 1.29 is 9.53 Å². The van der Waals surface area contributed by atoms with Crippen molar-refractivity contribution in [1.82, 2.24) is 10.2 Å². The number of ether oxygens (including phenoxy) is 1. The molecule has 1 aromatic carbocycles. The summed E-state index contributed by atoms with van der Waals surface area (Å²) in [6, 6.07) is 6.18. The van der Waals surface area contributed by atoms with Crippen molar-refractivity contribution in [2.45, 2.75) is 26.2 Å². The molecule has 4 rings (SSSR count). The Bertz CT molecular complexity index is 634. The van der Waals surface area contributed by atoms with Crippen molar-refractivity contribution >= 4 is 11.6 Å². The Morgan fingerprint density at radius 1 is 1.20 bits per heavy atom. The van der Waals surface area contributed by atoms with Crippen LogP contribution in [0.5, 0.6) is 0 Å². The molecule has 3 aliphatic rings. The van der Waals surface area contributed by atoms with Crippen molar-refractivity contribution in [1.29, 1.82) is 0 Å². The second-order valence-corrected chi connectivity index (χ2v) is 7.86. The van der Waals surface area contributed by atoms with Crippen molar-refractivity contribution in [3.63, 3.8) is 0 Å². The molecule has 1 N–H and O–H groups in total. The van der Waals surface area contributed by atoms with Gasteiger partial charge in [0, 0.05) is 49.4 Å². The molecule has 0 aliphatic carbocycles. The lowest BCUT2D eigenvalue weighted by atomic mass is 9.80. The van der Waals surface area contributed by atoms with Gasteiger partial charge in [-0.2, -0.15) is 0 Å². The van der Waals surface area contributed by atoms with Crippen LogP contribution in [0.15, 0.2) is 18.2 Å². The minimum absolute atomic E-state index is 0.194. The second-order valence-electron chi connectivity index (χ2n) is 7.86. The standard InChI is InChI=1S/C20H29N3O2/c1-16-13-17(3-4-18(16)22-9-11-25-12-10-22)19(24)23-8-6-20(15-23)5-2-7-21-14-20/h3-4,13,21H,2,5-12,14-15H2,1H3/t20-/m1/s1. The van der Waals surface area contributed by atoms with Gasteiger partial charge in [0.15, 0.2) is 0 Å². The molecule has 1 spiro atoms. The highest BCUT2D eigenvalue weighted by Crippen LogP contribution is 2.37. The predicted molar refractivity (Wildman–Crippen MR) is 99.3 cm³/mol.